The van der Waals surface area contributed by atoms with Crippen molar-refractivity contribution in [3.63, 3.8) is 0 Å². The summed E-state index contributed by atoms with van der Waals surface area (Å²) in [7, 11) is 1.89. The Kier molecular flexibility index (Phi) is 4.06. The Hall–Kier alpha value is -1.01. The van der Waals surface area contributed by atoms with Gasteiger partial charge in [-0.15, -0.1) is 0 Å². The van der Waals surface area contributed by atoms with Crippen LogP contribution in [0.1, 0.15) is 17.7 Å². The molecule has 0 fully saturated rings. The first-order valence-electron chi connectivity index (χ1n) is 5.81. The molecule has 0 spiro atoms. The summed E-state index contributed by atoms with van der Waals surface area (Å²) in [4.78, 5) is 25.9. The van der Waals surface area contributed by atoms with E-state index in [0.717, 1.165) is 42.1 Å². The molecule has 0 bridgehead atoms. The van der Waals surface area contributed by atoms with Crippen molar-refractivity contribution in [1.29, 1.82) is 0 Å². The first-order valence-corrected chi connectivity index (χ1v) is 6.96. The van der Waals surface area contributed by atoms with E-state index in [4.69, 9.17) is 0 Å². The van der Waals surface area contributed by atoms with Crippen LogP contribution in [0.5, 0.6) is 0 Å². The van der Waals surface area contributed by atoms with E-state index in [2.05, 4.69) is 10.3 Å². The molecular formula is C11H17N3O2S. The van der Waals surface area contributed by atoms with E-state index in [-0.39, 0.29) is 11.2 Å². The minimum atomic E-state index is -0.267. The maximum Gasteiger partial charge on any atom is 0.328 e. The quantitative estimate of drug-likeness (QED) is 0.740. The monoisotopic (exact) mass is 255 g/mol. The lowest BCUT2D eigenvalue weighted by atomic mass is 10.2. The number of thioether (sulfide) groups is 1. The number of aromatic nitrogens is 2. The molecule has 0 amide bonds. The summed E-state index contributed by atoms with van der Waals surface area (Å²) in [5.74, 6) is 1.71. The molecule has 0 atom stereocenters. The van der Waals surface area contributed by atoms with Gasteiger partial charge in [0.05, 0.1) is 0 Å². The predicted molar refractivity (Wildman–Crippen MR) is 69.7 cm³/mol. The molecule has 0 unspecified atom stereocenters. The normalized spacial score (nSPS) is 14.6. The van der Waals surface area contributed by atoms with Crippen LogP contribution in [0.3, 0.4) is 0 Å². The topological polar surface area (TPSA) is 66.9 Å². The summed E-state index contributed by atoms with van der Waals surface area (Å²) >= 11 is 1.75. The average Bonchev–Trinajstić information content (AvgIpc) is 2.33. The summed E-state index contributed by atoms with van der Waals surface area (Å²) in [5.41, 5.74) is 1.25. The molecule has 1 aromatic heterocycles. The first-order chi connectivity index (χ1) is 8.24. The Morgan fingerprint density at radius 2 is 2.29 bits per heavy atom. The molecule has 5 nitrogen and oxygen atoms in total. The third-order valence-electron chi connectivity index (χ3n) is 2.95. The van der Waals surface area contributed by atoms with E-state index in [0.29, 0.717) is 6.54 Å². The average molecular weight is 255 g/mol. The maximum atomic E-state index is 11.8. The Bertz CT molecular complexity index is 506. The van der Waals surface area contributed by atoms with Crippen molar-refractivity contribution in [2.45, 2.75) is 25.1 Å². The van der Waals surface area contributed by atoms with Gasteiger partial charge in [0.2, 0.25) is 0 Å². The third-order valence-corrected chi connectivity index (χ3v) is 3.94. The van der Waals surface area contributed by atoms with Gasteiger partial charge in [-0.1, -0.05) is 0 Å². The molecule has 94 valence electrons. The van der Waals surface area contributed by atoms with Crippen molar-refractivity contribution in [2.24, 2.45) is 0 Å². The molecule has 2 heterocycles. The second-order valence-electron chi connectivity index (χ2n) is 4.10. The molecule has 1 aliphatic rings. The fourth-order valence-corrected chi connectivity index (χ4v) is 3.07. The molecule has 6 heteroatoms. The Labute approximate surface area is 104 Å². The van der Waals surface area contributed by atoms with Crippen molar-refractivity contribution >= 4 is 11.8 Å². The fraction of sp³-hybridized carbons (Fsp3) is 0.636. The van der Waals surface area contributed by atoms with Crippen molar-refractivity contribution in [2.75, 3.05) is 19.3 Å². The number of rotatable bonds is 4. The molecule has 0 saturated carbocycles. The molecular weight excluding hydrogens is 238 g/mol. The number of aromatic amines is 1. The third kappa shape index (κ3) is 2.63. The van der Waals surface area contributed by atoms with Gasteiger partial charge in [0, 0.05) is 23.6 Å². The van der Waals surface area contributed by atoms with Gasteiger partial charge in [-0.05, 0) is 32.2 Å². The van der Waals surface area contributed by atoms with Gasteiger partial charge in [0.1, 0.15) is 0 Å². The molecule has 0 saturated heterocycles. The number of nitrogens with zero attached hydrogens (tertiary/aromatic N) is 1. The van der Waals surface area contributed by atoms with Crippen molar-refractivity contribution in [3.05, 3.63) is 32.1 Å². The Balaban J connectivity index is 2.36. The number of fused-ring (bicyclic) bond motifs is 1. The van der Waals surface area contributed by atoms with Gasteiger partial charge in [-0.2, -0.15) is 11.8 Å². The summed E-state index contributed by atoms with van der Waals surface area (Å²) in [5, 5.41) is 3.06. The van der Waals surface area contributed by atoms with Gasteiger partial charge in [-0.3, -0.25) is 14.3 Å². The second kappa shape index (κ2) is 5.55. The highest BCUT2D eigenvalue weighted by atomic mass is 32.2. The molecule has 0 aliphatic carbocycles. The van der Waals surface area contributed by atoms with Crippen molar-refractivity contribution in [3.8, 4) is 0 Å². The minimum Gasteiger partial charge on any atom is -0.320 e. The zero-order chi connectivity index (χ0) is 12.3. The van der Waals surface area contributed by atoms with Crippen molar-refractivity contribution in [1.82, 2.24) is 14.9 Å². The van der Waals surface area contributed by atoms with Crippen LogP contribution >= 0.6 is 11.8 Å². The highest BCUT2D eigenvalue weighted by Crippen LogP contribution is 2.20. The van der Waals surface area contributed by atoms with Crippen LogP contribution in [-0.4, -0.2) is 28.9 Å². The lowest BCUT2D eigenvalue weighted by Gasteiger charge is -2.19. The van der Waals surface area contributed by atoms with Crippen LogP contribution in [0.4, 0.5) is 0 Å². The lowest BCUT2D eigenvalue weighted by molar-refractivity contribution is 0.559. The number of nitrogens with one attached hydrogen (secondary N) is 2. The highest BCUT2D eigenvalue weighted by molar-refractivity contribution is 7.98. The molecule has 2 rings (SSSR count). The van der Waals surface area contributed by atoms with Gasteiger partial charge >= 0.3 is 5.69 Å². The highest BCUT2D eigenvalue weighted by Gasteiger charge is 2.17. The summed E-state index contributed by atoms with van der Waals surface area (Å²) in [6, 6.07) is 0. The molecule has 17 heavy (non-hydrogen) atoms. The van der Waals surface area contributed by atoms with E-state index in [1.165, 1.54) is 0 Å². The predicted octanol–water partition coefficient (Wildman–Crippen LogP) is -0.0646. The van der Waals surface area contributed by atoms with E-state index >= 15 is 0 Å². The minimum absolute atomic E-state index is 0.206. The van der Waals surface area contributed by atoms with Crippen molar-refractivity contribution < 1.29 is 0 Å². The fourth-order valence-electron chi connectivity index (χ4n) is 2.08. The lowest BCUT2D eigenvalue weighted by Crippen LogP contribution is -2.37. The van der Waals surface area contributed by atoms with Gasteiger partial charge < -0.3 is 5.32 Å². The van der Waals surface area contributed by atoms with Gasteiger partial charge in [0.25, 0.3) is 5.56 Å². The summed E-state index contributed by atoms with van der Waals surface area (Å²) < 4.78 is 1.73. The standard InChI is InChI=1S/C11H17N3O2S/c1-12-4-2-5-14-9-3-6-17-7-8(9)10(15)13-11(14)16/h12H,2-7H2,1H3,(H,13,15,16). The number of H-pyrrole nitrogens is 1. The van der Waals surface area contributed by atoms with Gasteiger partial charge in [-0.25, -0.2) is 4.79 Å². The SMILES string of the molecule is CNCCCn1c2c(c(=O)[nH]c1=O)CSCC2. The van der Waals surface area contributed by atoms with Crippen LogP contribution in [0.15, 0.2) is 9.59 Å². The smallest absolute Gasteiger partial charge is 0.320 e. The summed E-state index contributed by atoms with van der Waals surface area (Å²) in [6.45, 7) is 1.54. The van der Waals surface area contributed by atoms with Crippen LogP contribution in [0.2, 0.25) is 0 Å². The summed E-state index contributed by atoms with van der Waals surface area (Å²) in [6.07, 6.45) is 1.71. The van der Waals surface area contributed by atoms with E-state index < -0.39 is 0 Å². The van der Waals surface area contributed by atoms with Crippen LogP contribution < -0.4 is 16.6 Å². The van der Waals surface area contributed by atoms with E-state index in [1.54, 1.807) is 16.3 Å². The molecule has 1 aromatic rings. The van der Waals surface area contributed by atoms with Gasteiger partial charge in [0.15, 0.2) is 0 Å². The molecule has 2 N–H and O–H groups in total. The first kappa shape index (κ1) is 12.4. The number of hydrogen-bond acceptors (Lipinski definition) is 4. The molecule has 1 aliphatic heterocycles. The second-order valence-corrected chi connectivity index (χ2v) is 5.20. The Morgan fingerprint density at radius 1 is 1.47 bits per heavy atom. The van der Waals surface area contributed by atoms with E-state index in [1.807, 2.05) is 7.05 Å². The largest absolute Gasteiger partial charge is 0.328 e. The molecule has 0 radical (unpaired) electrons. The zero-order valence-electron chi connectivity index (χ0n) is 9.91. The Morgan fingerprint density at radius 3 is 3.06 bits per heavy atom. The van der Waals surface area contributed by atoms with Crippen LogP contribution in [0, 0.1) is 0 Å². The number of hydrogen-bond donors (Lipinski definition) is 2. The van der Waals surface area contributed by atoms with E-state index in [9.17, 15) is 9.59 Å². The van der Waals surface area contributed by atoms with Crippen LogP contribution in [-0.2, 0) is 18.7 Å². The van der Waals surface area contributed by atoms with Crippen LogP contribution in [0.25, 0.3) is 0 Å². The molecule has 0 aromatic carbocycles. The maximum absolute atomic E-state index is 11.8. The zero-order valence-corrected chi connectivity index (χ0v) is 10.7.